The van der Waals surface area contributed by atoms with E-state index in [2.05, 4.69) is 36.7 Å². The Labute approximate surface area is 170 Å². The molecule has 0 saturated carbocycles. The first-order valence-electron chi connectivity index (χ1n) is 10.0. The summed E-state index contributed by atoms with van der Waals surface area (Å²) in [4.78, 5) is 18.2. The molecule has 0 fully saturated rings. The number of fused-ring (bicyclic) bond motifs is 1. The fraction of sp³-hybridized carbons (Fsp3) is 0.478. The molecular weight excluding hydrogens is 352 g/mol. The fourth-order valence-electron chi connectivity index (χ4n) is 2.74. The van der Waals surface area contributed by atoms with E-state index in [0.29, 0.717) is 12.5 Å². The molecule has 0 aliphatic carbocycles. The third-order valence-electron chi connectivity index (χ3n) is 3.95. The molecule has 0 radical (unpaired) electrons. The summed E-state index contributed by atoms with van der Waals surface area (Å²) in [6.45, 7) is 16.3. The molecule has 0 amide bonds. The van der Waals surface area contributed by atoms with E-state index in [0.717, 1.165) is 40.5 Å². The van der Waals surface area contributed by atoms with Gasteiger partial charge in [-0.3, -0.25) is 9.79 Å². The molecular formula is C23H36N2OS. The summed E-state index contributed by atoms with van der Waals surface area (Å²) < 4.78 is 0. The van der Waals surface area contributed by atoms with Crippen LogP contribution in [0.25, 0.3) is 0 Å². The molecule has 1 aromatic rings. The number of allylic oxidation sites excluding steroid dienone is 3. The van der Waals surface area contributed by atoms with Crippen molar-refractivity contribution in [1.82, 2.24) is 0 Å². The van der Waals surface area contributed by atoms with Gasteiger partial charge in [-0.05, 0) is 56.0 Å². The van der Waals surface area contributed by atoms with Crippen molar-refractivity contribution in [2.45, 2.75) is 71.6 Å². The fourth-order valence-corrected chi connectivity index (χ4v) is 3.75. The third-order valence-corrected chi connectivity index (χ3v) is 5.13. The van der Waals surface area contributed by atoms with Crippen LogP contribution in [-0.4, -0.2) is 18.0 Å². The monoisotopic (exact) mass is 388 g/mol. The van der Waals surface area contributed by atoms with Crippen molar-refractivity contribution in [3.63, 3.8) is 0 Å². The zero-order valence-electron chi connectivity index (χ0n) is 17.8. The summed E-state index contributed by atoms with van der Waals surface area (Å²) in [7, 11) is 0. The van der Waals surface area contributed by atoms with Crippen LogP contribution in [0.5, 0.6) is 0 Å². The van der Waals surface area contributed by atoms with Crippen LogP contribution in [0.3, 0.4) is 0 Å². The Balaban J connectivity index is 0.00000158. The number of aliphatic imine (C=N–C) groups is 1. The van der Waals surface area contributed by atoms with Crippen LogP contribution >= 0.6 is 11.8 Å². The Kier molecular flexibility index (Phi) is 13.5. The maximum atomic E-state index is 11.6. The van der Waals surface area contributed by atoms with Crippen LogP contribution in [0, 0.1) is 0 Å². The smallest absolute Gasteiger partial charge is 0.179 e. The summed E-state index contributed by atoms with van der Waals surface area (Å²) in [6.07, 6.45) is 6.21. The summed E-state index contributed by atoms with van der Waals surface area (Å²) >= 11 is 1.61. The molecule has 1 heterocycles. The highest BCUT2D eigenvalue weighted by atomic mass is 32.2. The van der Waals surface area contributed by atoms with Crippen LogP contribution in [0.2, 0.25) is 0 Å². The van der Waals surface area contributed by atoms with Gasteiger partial charge in [-0.25, -0.2) is 0 Å². The summed E-state index contributed by atoms with van der Waals surface area (Å²) in [5.74, 6) is 0.402. The molecule has 2 rings (SSSR count). The highest BCUT2D eigenvalue weighted by Gasteiger charge is 2.18. The van der Waals surface area contributed by atoms with Crippen LogP contribution in [0.15, 0.2) is 51.7 Å². The third kappa shape index (κ3) is 7.86. The highest BCUT2D eigenvalue weighted by molar-refractivity contribution is 8.04. The van der Waals surface area contributed by atoms with E-state index < -0.39 is 0 Å². The quantitative estimate of drug-likeness (QED) is 0.522. The van der Waals surface area contributed by atoms with E-state index in [4.69, 9.17) is 5.73 Å². The van der Waals surface area contributed by atoms with Gasteiger partial charge in [-0.15, -0.1) is 0 Å². The molecule has 0 spiro atoms. The average Bonchev–Trinajstić information content (AvgIpc) is 2.71. The van der Waals surface area contributed by atoms with E-state index in [-0.39, 0.29) is 5.78 Å². The topological polar surface area (TPSA) is 55.5 Å². The number of carbonyl (C=O) groups excluding carboxylic acids is 1. The maximum absolute atomic E-state index is 11.6. The van der Waals surface area contributed by atoms with Gasteiger partial charge in [0, 0.05) is 15.9 Å². The lowest BCUT2D eigenvalue weighted by Crippen LogP contribution is -2.08. The lowest BCUT2D eigenvalue weighted by molar-refractivity contribution is -0.110. The normalized spacial score (nSPS) is 14.6. The maximum Gasteiger partial charge on any atom is 0.179 e. The molecule has 27 heavy (non-hydrogen) atoms. The van der Waals surface area contributed by atoms with E-state index in [1.165, 1.54) is 11.6 Å². The lowest BCUT2D eigenvalue weighted by Gasteiger charge is -2.20. The van der Waals surface area contributed by atoms with Crippen molar-refractivity contribution < 1.29 is 4.79 Å². The summed E-state index contributed by atoms with van der Waals surface area (Å²) in [5, 5.41) is 0. The molecule has 150 valence electrons. The molecule has 0 saturated heterocycles. The molecule has 3 nitrogen and oxygen atoms in total. The van der Waals surface area contributed by atoms with Crippen LogP contribution < -0.4 is 5.73 Å². The minimum absolute atomic E-state index is 0.0892. The molecule has 1 aliphatic heterocycles. The van der Waals surface area contributed by atoms with Crippen molar-refractivity contribution in [3.05, 3.63) is 47.4 Å². The predicted molar refractivity (Wildman–Crippen MR) is 122 cm³/mol. The minimum atomic E-state index is -0.0892. The van der Waals surface area contributed by atoms with Gasteiger partial charge in [0.25, 0.3) is 0 Å². The Morgan fingerprint density at radius 3 is 2.48 bits per heavy atom. The number of nitrogens with zero attached hydrogens (tertiary/aromatic N) is 1. The van der Waals surface area contributed by atoms with Crippen molar-refractivity contribution in [3.8, 4) is 0 Å². The Morgan fingerprint density at radius 2 is 1.93 bits per heavy atom. The average molecular weight is 389 g/mol. The van der Waals surface area contributed by atoms with E-state index in [9.17, 15) is 4.79 Å². The van der Waals surface area contributed by atoms with Gasteiger partial charge in [0.05, 0.1) is 11.4 Å². The standard InChI is InChI=1S/C19H24N2OS.2C2H6/c1-4-6-14(9-10-20)15-7-8-17-19(11-15)23-18(13(3)21-17)12-16(22)5-2;2*1-2/h5,7-8,11-12,14H,2,4,6,9-10,20H2,1,3H3;2*1-2H3/b18-12+;;. The Morgan fingerprint density at radius 1 is 1.26 bits per heavy atom. The van der Waals surface area contributed by atoms with Crippen molar-refractivity contribution in [1.29, 1.82) is 0 Å². The number of rotatable bonds is 7. The second-order valence-electron chi connectivity index (χ2n) is 5.70. The number of hydrogen-bond acceptors (Lipinski definition) is 4. The molecule has 1 atom stereocenters. The number of hydrogen-bond donors (Lipinski definition) is 1. The van der Waals surface area contributed by atoms with E-state index >= 15 is 0 Å². The number of nitrogens with two attached hydrogens (primary N) is 1. The molecule has 1 unspecified atom stereocenters. The van der Waals surface area contributed by atoms with Gasteiger partial charge < -0.3 is 5.73 Å². The second-order valence-corrected chi connectivity index (χ2v) is 6.79. The Bertz CT molecular complexity index is 656. The molecule has 1 aromatic carbocycles. The predicted octanol–water partition coefficient (Wildman–Crippen LogP) is 6.81. The zero-order chi connectivity index (χ0) is 20.8. The van der Waals surface area contributed by atoms with E-state index in [1.807, 2.05) is 34.6 Å². The van der Waals surface area contributed by atoms with Crippen LogP contribution in [-0.2, 0) is 4.79 Å². The first-order valence-corrected chi connectivity index (χ1v) is 10.9. The summed E-state index contributed by atoms with van der Waals surface area (Å²) in [6, 6.07) is 6.44. The van der Waals surface area contributed by atoms with Gasteiger partial charge in [-0.1, -0.05) is 65.4 Å². The SMILES string of the molecule is C=CC(=O)/C=C1/Sc2cc(C(CCC)CCN)ccc2N=C1C.CC.CC. The van der Waals surface area contributed by atoms with Crippen molar-refractivity contribution in [2.75, 3.05) is 6.54 Å². The van der Waals surface area contributed by atoms with E-state index in [1.54, 1.807) is 17.8 Å². The highest BCUT2D eigenvalue weighted by Crippen LogP contribution is 2.42. The van der Waals surface area contributed by atoms with Crippen molar-refractivity contribution in [2.24, 2.45) is 10.7 Å². The largest absolute Gasteiger partial charge is 0.330 e. The Hall–Kier alpha value is -1.65. The number of carbonyl (C=O) groups is 1. The molecule has 2 N–H and O–H groups in total. The van der Waals surface area contributed by atoms with Crippen molar-refractivity contribution >= 4 is 28.9 Å². The molecule has 0 bridgehead atoms. The summed E-state index contributed by atoms with van der Waals surface area (Å²) in [5.41, 5.74) is 8.92. The lowest BCUT2D eigenvalue weighted by atomic mass is 9.91. The second kappa shape index (κ2) is 14.4. The molecule has 0 aromatic heterocycles. The van der Waals surface area contributed by atoms with Gasteiger partial charge in [0.15, 0.2) is 5.78 Å². The van der Waals surface area contributed by atoms with Gasteiger partial charge in [0.1, 0.15) is 0 Å². The number of ketones is 1. The molecule has 1 aliphatic rings. The first kappa shape index (κ1) is 25.4. The van der Waals surface area contributed by atoms with Gasteiger partial charge >= 0.3 is 0 Å². The van der Waals surface area contributed by atoms with Gasteiger partial charge in [0.2, 0.25) is 0 Å². The zero-order valence-corrected chi connectivity index (χ0v) is 18.7. The first-order chi connectivity index (χ1) is 13.1. The van der Waals surface area contributed by atoms with Crippen LogP contribution in [0.1, 0.15) is 72.3 Å². The van der Waals surface area contributed by atoms with Gasteiger partial charge in [-0.2, -0.15) is 0 Å². The van der Waals surface area contributed by atoms with Crippen LogP contribution in [0.4, 0.5) is 5.69 Å². The number of thioether (sulfide) groups is 1. The minimum Gasteiger partial charge on any atom is -0.330 e. The number of benzene rings is 1. The molecule has 4 heteroatoms.